The molecule has 1 aliphatic rings. The van der Waals surface area contributed by atoms with E-state index in [4.69, 9.17) is 14.2 Å². The fraction of sp³-hybridized carbons (Fsp3) is 0.412. The highest BCUT2D eigenvalue weighted by Crippen LogP contribution is 2.50. The van der Waals surface area contributed by atoms with Gasteiger partial charge in [-0.05, 0) is 37.1 Å². The molecule has 1 unspecified atom stereocenters. The summed E-state index contributed by atoms with van der Waals surface area (Å²) in [6, 6.07) is 7.22. The number of carbonyl (C=O) groups is 2. The van der Waals surface area contributed by atoms with Gasteiger partial charge in [-0.15, -0.1) is 0 Å². The van der Waals surface area contributed by atoms with Crippen LogP contribution in [0.2, 0.25) is 0 Å². The summed E-state index contributed by atoms with van der Waals surface area (Å²) in [6.07, 6.45) is -0.818. The monoisotopic (exact) mass is 382 g/mol. The highest BCUT2D eigenvalue weighted by atomic mass is 79.9. The van der Waals surface area contributed by atoms with E-state index in [-0.39, 0.29) is 19.8 Å². The fourth-order valence-corrected chi connectivity index (χ4v) is 2.93. The van der Waals surface area contributed by atoms with Gasteiger partial charge in [-0.1, -0.05) is 34.6 Å². The van der Waals surface area contributed by atoms with Gasteiger partial charge in [0.15, 0.2) is 0 Å². The molecule has 1 aromatic carbocycles. The second-order valence-corrected chi connectivity index (χ2v) is 6.01. The van der Waals surface area contributed by atoms with E-state index in [2.05, 4.69) is 22.5 Å². The SMILES string of the molecule is C=C1COC(c2ccc(Br)cc2)C1(C(=O)OCC)C(=O)OCC. The van der Waals surface area contributed by atoms with Gasteiger partial charge in [0.2, 0.25) is 5.41 Å². The zero-order valence-electron chi connectivity index (χ0n) is 13.1. The van der Waals surface area contributed by atoms with Crippen molar-refractivity contribution in [2.24, 2.45) is 5.41 Å². The fourth-order valence-electron chi connectivity index (χ4n) is 2.67. The summed E-state index contributed by atoms with van der Waals surface area (Å²) in [7, 11) is 0. The molecule has 0 N–H and O–H groups in total. The molecule has 5 nitrogen and oxygen atoms in total. The van der Waals surface area contributed by atoms with E-state index in [1.165, 1.54) is 0 Å². The van der Waals surface area contributed by atoms with Crippen molar-refractivity contribution in [2.75, 3.05) is 19.8 Å². The van der Waals surface area contributed by atoms with Crippen LogP contribution in [-0.2, 0) is 23.8 Å². The summed E-state index contributed by atoms with van der Waals surface area (Å²) >= 11 is 3.36. The second kappa shape index (κ2) is 7.27. The maximum atomic E-state index is 12.7. The number of rotatable bonds is 5. The van der Waals surface area contributed by atoms with Gasteiger partial charge >= 0.3 is 11.9 Å². The van der Waals surface area contributed by atoms with Gasteiger partial charge in [-0.3, -0.25) is 9.59 Å². The van der Waals surface area contributed by atoms with Crippen molar-refractivity contribution in [3.8, 4) is 0 Å². The Labute approximate surface area is 143 Å². The van der Waals surface area contributed by atoms with Crippen molar-refractivity contribution >= 4 is 27.9 Å². The number of halogens is 1. The van der Waals surface area contributed by atoms with Gasteiger partial charge in [-0.2, -0.15) is 0 Å². The van der Waals surface area contributed by atoms with E-state index >= 15 is 0 Å². The zero-order valence-corrected chi connectivity index (χ0v) is 14.7. The topological polar surface area (TPSA) is 61.8 Å². The molecule has 1 heterocycles. The van der Waals surface area contributed by atoms with Gasteiger partial charge in [0, 0.05) is 4.47 Å². The van der Waals surface area contributed by atoms with Crippen LogP contribution in [0.5, 0.6) is 0 Å². The Morgan fingerprint density at radius 2 is 1.74 bits per heavy atom. The molecule has 0 aromatic heterocycles. The van der Waals surface area contributed by atoms with Crippen LogP contribution in [-0.4, -0.2) is 31.8 Å². The predicted molar refractivity (Wildman–Crippen MR) is 87.7 cm³/mol. The van der Waals surface area contributed by atoms with E-state index < -0.39 is 23.5 Å². The summed E-state index contributed by atoms with van der Waals surface area (Å²) in [6.45, 7) is 7.64. The molecule has 0 aliphatic carbocycles. The number of benzene rings is 1. The lowest BCUT2D eigenvalue weighted by Gasteiger charge is -2.30. The predicted octanol–water partition coefficient (Wildman–Crippen LogP) is 3.19. The number of esters is 2. The molecular weight excluding hydrogens is 364 g/mol. The van der Waals surface area contributed by atoms with Gasteiger partial charge in [0.1, 0.15) is 6.10 Å². The first-order valence-electron chi connectivity index (χ1n) is 7.38. The van der Waals surface area contributed by atoms with Crippen LogP contribution in [0.4, 0.5) is 0 Å². The molecule has 1 saturated heterocycles. The van der Waals surface area contributed by atoms with Crippen LogP contribution in [0.3, 0.4) is 0 Å². The minimum absolute atomic E-state index is 0.0956. The lowest BCUT2D eigenvalue weighted by Crippen LogP contribution is -2.45. The minimum atomic E-state index is -1.67. The third-order valence-electron chi connectivity index (χ3n) is 3.74. The van der Waals surface area contributed by atoms with Gasteiger partial charge < -0.3 is 14.2 Å². The van der Waals surface area contributed by atoms with Crippen LogP contribution in [0, 0.1) is 5.41 Å². The Morgan fingerprint density at radius 3 is 2.22 bits per heavy atom. The largest absolute Gasteiger partial charge is 0.465 e. The summed E-state index contributed by atoms with van der Waals surface area (Å²) in [4.78, 5) is 25.3. The van der Waals surface area contributed by atoms with E-state index in [1.807, 2.05) is 12.1 Å². The van der Waals surface area contributed by atoms with Crippen molar-refractivity contribution in [1.29, 1.82) is 0 Å². The molecule has 1 fully saturated rings. The minimum Gasteiger partial charge on any atom is -0.465 e. The third-order valence-corrected chi connectivity index (χ3v) is 4.27. The maximum Gasteiger partial charge on any atom is 0.330 e. The maximum absolute atomic E-state index is 12.7. The molecule has 1 aliphatic heterocycles. The van der Waals surface area contributed by atoms with Crippen LogP contribution >= 0.6 is 15.9 Å². The summed E-state index contributed by atoms with van der Waals surface area (Å²) in [5.41, 5.74) is -0.630. The number of carbonyl (C=O) groups excluding carboxylic acids is 2. The molecular formula is C17H19BrO5. The lowest BCUT2D eigenvalue weighted by molar-refractivity contribution is -0.174. The molecule has 2 rings (SSSR count). The van der Waals surface area contributed by atoms with E-state index in [9.17, 15) is 9.59 Å². The van der Waals surface area contributed by atoms with E-state index in [0.29, 0.717) is 11.1 Å². The quantitative estimate of drug-likeness (QED) is 0.444. The molecule has 0 bridgehead atoms. The molecule has 0 amide bonds. The van der Waals surface area contributed by atoms with Crippen molar-refractivity contribution in [1.82, 2.24) is 0 Å². The van der Waals surface area contributed by atoms with E-state index in [0.717, 1.165) is 4.47 Å². The van der Waals surface area contributed by atoms with Crippen molar-refractivity contribution < 1.29 is 23.8 Å². The Morgan fingerprint density at radius 1 is 1.22 bits per heavy atom. The standard InChI is InChI=1S/C17H19BrO5/c1-4-21-15(19)17(16(20)22-5-2)11(3)10-23-14(17)12-6-8-13(18)9-7-12/h6-9,14H,3-5,10H2,1-2H3. The molecule has 1 atom stereocenters. The highest BCUT2D eigenvalue weighted by Gasteiger charge is 2.62. The van der Waals surface area contributed by atoms with E-state index in [1.54, 1.807) is 26.0 Å². The van der Waals surface area contributed by atoms with Crippen molar-refractivity contribution in [3.63, 3.8) is 0 Å². The molecule has 1 aromatic rings. The Hall–Kier alpha value is -1.66. The molecule has 6 heteroatoms. The molecule has 23 heavy (non-hydrogen) atoms. The average molecular weight is 383 g/mol. The highest BCUT2D eigenvalue weighted by molar-refractivity contribution is 9.10. The molecule has 0 radical (unpaired) electrons. The second-order valence-electron chi connectivity index (χ2n) is 5.10. The van der Waals surface area contributed by atoms with Crippen LogP contribution < -0.4 is 0 Å². The van der Waals surface area contributed by atoms with Crippen LogP contribution in [0.1, 0.15) is 25.5 Å². The normalized spacial score (nSPS) is 19.4. The zero-order chi connectivity index (χ0) is 17.0. The molecule has 0 spiro atoms. The van der Waals surface area contributed by atoms with Crippen molar-refractivity contribution in [2.45, 2.75) is 20.0 Å². The number of hydrogen-bond acceptors (Lipinski definition) is 5. The van der Waals surface area contributed by atoms with Gasteiger partial charge in [0.05, 0.1) is 19.8 Å². The first-order chi connectivity index (χ1) is 11.0. The summed E-state index contributed by atoms with van der Waals surface area (Å²) in [5.74, 6) is -1.37. The third kappa shape index (κ3) is 3.05. The molecule has 124 valence electrons. The van der Waals surface area contributed by atoms with Crippen LogP contribution in [0.25, 0.3) is 0 Å². The van der Waals surface area contributed by atoms with Crippen molar-refractivity contribution in [3.05, 3.63) is 46.5 Å². The van der Waals surface area contributed by atoms with Crippen LogP contribution in [0.15, 0.2) is 40.9 Å². The Kier molecular flexibility index (Phi) is 5.59. The number of ether oxygens (including phenoxy) is 3. The van der Waals surface area contributed by atoms with Gasteiger partial charge in [-0.25, -0.2) is 0 Å². The lowest BCUT2D eigenvalue weighted by atomic mass is 9.75. The first kappa shape index (κ1) is 17.7. The summed E-state index contributed by atoms with van der Waals surface area (Å²) < 4.78 is 16.9. The van der Waals surface area contributed by atoms with Gasteiger partial charge in [0.25, 0.3) is 0 Å². The number of hydrogen-bond donors (Lipinski definition) is 0. The summed E-state index contributed by atoms with van der Waals surface area (Å²) in [5, 5.41) is 0. The first-order valence-corrected chi connectivity index (χ1v) is 8.17. The Bertz CT molecular complexity index is 590. The average Bonchev–Trinajstić information content (AvgIpc) is 2.87. The molecule has 0 saturated carbocycles. The smallest absolute Gasteiger partial charge is 0.330 e. The Balaban J connectivity index is 2.54.